The van der Waals surface area contributed by atoms with Gasteiger partial charge in [0.1, 0.15) is 18.4 Å². The van der Waals surface area contributed by atoms with Crippen molar-refractivity contribution in [1.29, 1.82) is 0 Å². The molecule has 7 nitrogen and oxygen atoms in total. The summed E-state index contributed by atoms with van der Waals surface area (Å²) in [6, 6.07) is 24.5. The smallest absolute Gasteiger partial charge is 0.264 e. The van der Waals surface area contributed by atoms with Crippen LogP contribution in [-0.4, -0.2) is 44.3 Å². The van der Waals surface area contributed by atoms with Crippen molar-refractivity contribution in [2.75, 3.05) is 17.4 Å². The lowest BCUT2D eigenvalue weighted by Crippen LogP contribution is -2.53. The highest BCUT2D eigenvalue weighted by Gasteiger charge is 2.35. The van der Waals surface area contributed by atoms with E-state index in [-0.39, 0.29) is 45.7 Å². The molecule has 0 radical (unpaired) electrons. The van der Waals surface area contributed by atoms with Crippen LogP contribution in [-0.2, 0) is 32.6 Å². The van der Waals surface area contributed by atoms with Crippen LogP contribution in [0.25, 0.3) is 0 Å². The first kappa shape index (κ1) is 33.0. The molecule has 4 aromatic carbocycles. The number of benzene rings is 4. The van der Waals surface area contributed by atoms with Gasteiger partial charge in [0, 0.05) is 25.1 Å². The number of carbonyl (C=O) groups excluding carboxylic acids is 2. The quantitative estimate of drug-likeness (QED) is 0.191. The number of likely N-dealkylation sites (N-methyl/N-ethyl adjacent to an activating group) is 1. The summed E-state index contributed by atoms with van der Waals surface area (Å²) in [6.07, 6.45) is 0.107. The fourth-order valence-corrected chi connectivity index (χ4v) is 6.57. The molecule has 2 amide bonds. The molecule has 0 spiro atoms. The van der Waals surface area contributed by atoms with E-state index in [2.05, 4.69) is 5.32 Å². The van der Waals surface area contributed by atoms with Crippen molar-refractivity contribution in [1.82, 2.24) is 10.2 Å². The third-order valence-corrected chi connectivity index (χ3v) is 9.59. The van der Waals surface area contributed by atoms with Gasteiger partial charge < -0.3 is 10.2 Å². The second-order valence-electron chi connectivity index (χ2n) is 10.1. The van der Waals surface area contributed by atoms with E-state index in [1.165, 1.54) is 53.4 Å². The van der Waals surface area contributed by atoms with E-state index in [0.29, 0.717) is 0 Å². The first-order valence-corrected chi connectivity index (χ1v) is 16.1. The lowest BCUT2D eigenvalue weighted by atomic mass is 10.0. The Morgan fingerprint density at radius 1 is 0.886 bits per heavy atom. The molecular formula is C33H32Cl2FN3O4S. The Morgan fingerprint density at radius 3 is 2.20 bits per heavy atom. The van der Waals surface area contributed by atoms with Crippen LogP contribution in [0.15, 0.2) is 102 Å². The van der Waals surface area contributed by atoms with E-state index >= 15 is 0 Å². The number of aryl methyl sites for hydroxylation is 1. The van der Waals surface area contributed by atoms with Crippen molar-refractivity contribution < 1.29 is 22.4 Å². The second-order valence-corrected chi connectivity index (χ2v) is 12.8. The molecule has 0 aromatic heterocycles. The molecular weight excluding hydrogens is 624 g/mol. The number of carbonyl (C=O) groups is 2. The average molecular weight is 657 g/mol. The number of hydrogen-bond donors (Lipinski definition) is 1. The van der Waals surface area contributed by atoms with Crippen molar-refractivity contribution in [2.24, 2.45) is 0 Å². The zero-order valence-corrected chi connectivity index (χ0v) is 26.5. The summed E-state index contributed by atoms with van der Waals surface area (Å²) in [4.78, 5) is 29.0. The minimum absolute atomic E-state index is 0.0171. The van der Waals surface area contributed by atoms with Gasteiger partial charge in [0.25, 0.3) is 10.0 Å². The maximum absolute atomic E-state index is 14.9. The number of sulfonamides is 1. The van der Waals surface area contributed by atoms with Gasteiger partial charge in [-0.1, -0.05) is 95.5 Å². The van der Waals surface area contributed by atoms with Crippen LogP contribution in [0.5, 0.6) is 0 Å². The molecule has 0 saturated carbocycles. The van der Waals surface area contributed by atoms with Crippen molar-refractivity contribution in [3.05, 3.63) is 130 Å². The highest BCUT2D eigenvalue weighted by molar-refractivity contribution is 7.92. The molecule has 0 aliphatic heterocycles. The first-order valence-electron chi connectivity index (χ1n) is 13.9. The number of hydrogen-bond acceptors (Lipinski definition) is 4. The predicted molar refractivity (Wildman–Crippen MR) is 172 cm³/mol. The Bertz CT molecular complexity index is 1720. The van der Waals surface area contributed by atoms with E-state index < -0.39 is 40.2 Å². The highest BCUT2D eigenvalue weighted by atomic mass is 35.5. The van der Waals surface area contributed by atoms with Crippen LogP contribution in [0.4, 0.5) is 10.1 Å². The standard InChI is InChI=1S/C33H32Cl2FN3O4S/c1-3-37-33(41)30(20-24-10-5-4-6-11-24)38(21-25-12-7-8-14-28(25)36)31(40)22-39(29-15-9-13-27(34)32(29)35)44(42,43)26-18-16-23(2)17-19-26/h4-19,30H,3,20-22H2,1-2H3,(H,37,41)/t30-/m1/s1. The molecule has 0 saturated heterocycles. The fraction of sp³-hybridized carbons (Fsp3) is 0.212. The van der Waals surface area contributed by atoms with Crippen molar-refractivity contribution in [3.63, 3.8) is 0 Å². The van der Waals surface area contributed by atoms with Crippen LogP contribution in [0, 0.1) is 12.7 Å². The normalized spacial score (nSPS) is 11.9. The number of nitrogens with zero attached hydrogens (tertiary/aromatic N) is 2. The second kappa shape index (κ2) is 14.7. The Morgan fingerprint density at radius 2 is 1.55 bits per heavy atom. The van der Waals surface area contributed by atoms with Crippen LogP contribution in [0.2, 0.25) is 10.0 Å². The summed E-state index contributed by atoms with van der Waals surface area (Å²) in [5, 5.41) is 2.79. The summed E-state index contributed by atoms with van der Waals surface area (Å²) in [5.41, 5.74) is 1.75. The van der Waals surface area contributed by atoms with Gasteiger partial charge in [0.15, 0.2) is 0 Å². The average Bonchev–Trinajstić information content (AvgIpc) is 3.01. The SMILES string of the molecule is CCNC(=O)[C@@H](Cc1ccccc1)N(Cc1ccccc1F)C(=O)CN(c1cccc(Cl)c1Cl)S(=O)(=O)c1ccc(C)cc1. The Hall–Kier alpha value is -3.92. The summed E-state index contributed by atoms with van der Waals surface area (Å²) in [5.74, 6) is -1.77. The van der Waals surface area contributed by atoms with Crippen LogP contribution in [0.1, 0.15) is 23.6 Å². The van der Waals surface area contributed by atoms with Crippen LogP contribution in [0.3, 0.4) is 0 Å². The van der Waals surface area contributed by atoms with Crippen LogP contribution < -0.4 is 9.62 Å². The van der Waals surface area contributed by atoms with E-state index in [4.69, 9.17) is 23.2 Å². The van der Waals surface area contributed by atoms with Gasteiger partial charge in [-0.25, -0.2) is 12.8 Å². The maximum Gasteiger partial charge on any atom is 0.264 e. The van der Waals surface area contributed by atoms with Crippen molar-refractivity contribution >= 4 is 50.7 Å². The number of nitrogens with one attached hydrogen (secondary N) is 1. The molecule has 11 heteroatoms. The molecule has 44 heavy (non-hydrogen) atoms. The lowest BCUT2D eigenvalue weighted by Gasteiger charge is -2.34. The molecule has 1 N–H and O–H groups in total. The van der Waals surface area contributed by atoms with E-state index in [1.54, 1.807) is 25.1 Å². The number of amides is 2. The number of anilines is 1. The van der Waals surface area contributed by atoms with Gasteiger partial charge in [0.05, 0.1) is 20.6 Å². The Balaban J connectivity index is 1.84. The molecule has 1 atom stereocenters. The van der Waals surface area contributed by atoms with Crippen molar-refractivity contribution in [3.8, 4) is 0 Å². The summed E-state index contributed by atoms with van der Waals surface area (Å²) in [6.45, 7) is 2.83. The Labute approximate surface area is 267 Å². The molecule has 0 aliphatic rings. The Kier molecular flexibility index (Phi) is 11.0. The lowest BCUT2D eigenvalue weighted by molar-refractivity contribution is -0.140. The third kappa shape index (κ3) is 7.77. The largest absolute Gasteiger partial charge is 0.355 e. The number of rotatable bonds is 12. The third-order valence-electron chi connectivity index (χ3n) is 7.01. The molecule has 0 heterocycles. The van der Waals surface area contributed by atoms with Gasteiger partial charge in [-0.3, -0.25) is 13.9 Å². The highest BCUT2D eigenvalue weighted by Crippen LogP contribution is 2.35. The minimum Gasteiger partial charge on any atom is -0.355 e. The molecule has 0 aliphatic carbocycles. The van der Waals surface area contributed by atoms with E-state index in [1.807, 2.05) is 37.3 Å². The summed E-state index contributed by atoms with van der Waals surface area (Å²) < 4.78 is 44.0. The van der Waals surface area contributed by atoms with Gasteiger partial charge in [-0.2, -0.15) is 0 Å². The van der Waals surface area contributed by atoms with E-state index in [9.17, 15) is 22.4 Å². The molecule has 0 fully saturated rings. The van der Waals surface area contributed by atoms with Gasteiger partial charge in [0.2, 0.25) is 11.8 Å². The monoisotopic (exact) mass is 655 g/mol. The van der Waals surface area contributed by atoms with Crippen LogP contribution >= 0.6 is 23.2 Å². The topological polar surface area (TPSA) is 86.8 Å². The first-order chi connectivity index (χ1) is 21.0. The van der Waals surface area contributed by atoms with Gasteiger partial charge >= 0.3 is 0 Å². The molecule has 230 valence electrons. The van der Waals surface area contributed by atoms with E-state index in [0.717, 1.165) is 15.4 Å². The maximum atomic E-state index is 14.9. The minimum atomic E-state index is -4.37. The molecule has 0 bridgehead atoms. The summed E-state index contributed by atoms with van der Waals surface area (Å²) >= 11 is 12.8. The molecule has 4 aromatic rings. The predicted octanol–water partition coefficient (Wildman–Crippen LogP) is 6.41. The number of halogens is 3. The fourth-order valence-electron chi connectivity index (χ4n) is 4.69. The van der Waals surface area contributed by atoms with Crippen molar-refractivity contribution in [2.45, 2.75) is 37.8 Å². The molecule has 4 rings (SSSR count). The zero-order valence-electron chi connectivity index (χ0n) is 24.2. The van der Waals surface area contributed by atoms with Gasteiger partial charge in [-0.15, -0.1) is 0 Å². The zero-order chi connectivity index (χ0) is 31.9. The summed E-state index contributed by atoms with van der Waals surface area (Å²) in [7, 11) is -4.37. The molecule has 0 unspecified atom stereocenters. The van der Waals surface area contributed by atoms with Gasteiger partial charge in [-0.05, 0) is 49.7 Å².